The van der Waals surface area contributed by atoms with E-state index in [0.29, 0.717) is 5.76 Å². The molecule has 1 aliphatic carbocycles. The smallest absolute Gasteiger partial charge is 0.202 e. The van der Waals surface area contributed by atoms with Gasteiger partial charge in [-0.05, 0) is 23.3 Å². The molecule has 1 aromatic heterocycles. The van der Waals surface area contributed by atoms with Crippen molar-refractivity contribution in [3.8, 4) is 0 Å². The Bertz CT molecular complexity index is 714. The molecule has 0 bridgehead atoms. The summed E-state index contributed by atoms with van der Waals surface area (Å²) in [6.07, 6.45) is 1.56. The van der Waals surface area contributed by atoms with E-state index in [9.17, 15) is 4.79 Å². The first kappa shape index (κ1) is 13.1. The first-order valence-corrected chi connectivity index (χ1v) is 7.54. The molecule has 3 atom stereocenters. The highest BCUT2D eigenvalue weighted by Crippen LogP contribution is 2.61. The van der Waals surface area contributed by atoms with Crippen molar-refractivity contribution in [1.82, 2.24) is 0 Å². The quantitative estimate of drug-likeness (QED) is 0.654. The van der Waals surface area contributed by atoms with Crippen molar-refractivity contribution in [1.29, 1.82) is 0 Å². The van der Waals surface area contributed by atoms with Crippen molar-refractivity contribution in [2.24, 2.45) is 5.92 Å². The van der Waals surface area contributed by atoms with E-state index in [4.69, 9.17) is 4.42 Å². The predicted octanol–water partition coefficient (Wildman–Crippen LogP) is 4.66. The van der Waals surface area contributed by atoms with E-state index in [1.54, 1.807) is 18.4 Å². The third kappa shape index (κ3) is 2.17. The Balaban J connectivity index is 1.70. The highest BCUT2D eigenvalue weighted by Gasteiger charge is 2.56. The number of carbonyl (C=O) groups excluding carboxylic acids is 1. The molecule has 2 aromatic carbocycles. The maximum atomic E-state index is 12.7. The minimum absolute atomic E-state index is 0.0315. The molecule has 2 nitrogen and oxygen atoms in total. The third-order valence-corrected chi connectivity index (χ3v) is 4.46. The largest absolute Gasteiger partial charge is 0.461 e. The molecule has 1 unspecified atom stereocenters. The molecule has 0 amide bonds. The van der Waals surface area contributed by atoms with Crippen LogP contribution in [0.3, 0.4) is 0 Å². The number of furan rings is 1. The van der Waals surface area contributed by atoms with Crippen molar-refractivity contribution in [2.45, 2.75) is 11.8 Å². The summed E-state index contributed by atoms with van der Waals surface area (Å²) in [5.41, 5.74) is 2.45. The lowest BCUT2D eigenvalue weighted by Gasteiger charge is -1.99. The molecule has 0 saturated heterocycles. The normalized spacial score (nSPS) is 23.2. The number of rotatable bonds is 4. The van der Waals surface area contributed by atoms with Crippen LogP contribution in [0.2, 0.25) is 0 Å². The van der Waals surface area contributed by atoms with Crippen LogP contribution in [0.4, 0.5) is 0 Å². The Labute approximate surface area is 129 Å². The number of hydrogen-bond acceptors (Lipinski definition) is 2. The van der Waals surface area contributed by atoms with Gasteiger partial charge in [0, 0.05) is 17.8 Å². The monoisotopic (exact) mass is 288 g/mol. The fourth-order valence-corrected chi connectivity index (χ4v) is 3.40. The summed E-state index contributed by atoms with van der Waals surface area (Å²) >= 11 is 0. The van der Waals surface area contributed by atoms with E-state index in [2.05, 4.69) is 24.3 Å². The number of ketones is 1. The average Bonchev–Trinajstić information content (AvgIpc) is 3.09. The Morgan fingerprint density at radius 2 is 1.27 bits per heavy atom. The lowest BCUT2D eigenvalue weighted by molar-refractivity contribution is 0.0935. The number of benzene rings is 2. The third-order valence-electron chi connectivity index (χ3n) is 4.46. The van der Waals surface area contributed by atoms with Gasteiger partial charge in [-0.25, -0.2) is 0 Å². The summed E-state index contributed by atoms with van der Waals surface area (Å²) < 4.78 is 5.32. The fourth-order valence-electron chi connectivity index (χ4n) is 3.40. The van der Waals surface area contributed by atoms with Crippen molar-refractivity contribution < 1.29 is 9.21 Å². The molecule has 4 rings (SSSR count). The van der Waals surface area contributed by atoms with Gasteiger partial charge in [0.15, 0.2) is 5.76 Å². The Morgan fingerprint density at radius 1 is 0.727 bits per heavy atom. The zero-order chi connectivity index (χ0) is 14.9. The van der Waals surface area contributed by atoms with Crippen LogP contribution >= 0.6 is 0 Å². The summed E-state index contributed by atoms with van der Waals surface area (Å²) in [6.45, 7) is 0. The van der Waals surface area contributed by atoms with Crippen LogP contribution in [0.5, 0.6) is 0 Å². The van der Waals surface area contributed by atoms with Gasteiger partial charge in [-0.3, -0.25) is 4.79 Å². The van der Waals surface area contributed by atoms with Gasteiger partial charge in [-0.15, -0.1) is 0 Å². The Morgan fingerprint density at radius 3 is 1.73 bits per heavy atom. The maximum absolute atomic E-state index is 12.7. The Kier molecular flexibility index (Phi) is 3.15. The standard InChI is InChI=1S/C20H16O2/c21-20(16-12-7-13-22-16)19-17(14-8-3-1-4-9-14)18(19)15-10-5-2-6-11-15/h1-13,17-19H/t17-,18+,19?. The van der Waals surface area contributed by atoms with Crippen LogP contribution in [0.1, 0.15) is 33.5 Å². The van der Waals surface area contributed by atoms with Crippen molar-refractivity contribution in [3.63, 3.8) is 0 Å². The van der Waals surface area contributed by atoms with Crippen LogP contribution in [-0.2, 0) is 0 Å². The molecule has 0 spiro atoms. The first-order chi connectivity index (χ1) is 10.9. The van der Waals surface area contributed by atoms with Gasteiger partial charge in [0.1, 0.15) is 0 Å². The van der Waals surface area contributed by atoms with E-state index in [1.165, 1.54) is 11.1 Å². The molecule has 1 saturated carbocycles. The van der Waals surface area contributed by atoms with Crippen LogP contribution in [0.15, 0.2) is 83.5 Å². The number of hydrogen-bond donors (Lipinski definition) is 0. The second-order valence-electron chi connectivity index (χ2n) is 5.74. The second kappa shape index (κ2) is 5.30. The van der Waals surface area contributed by atoms with Crippen LogP contribution in [-0.4, -0.2) is 5.78 Å². The van der Waals surface area contributed by atoms with E-state index >= 15 is 0 Å². The van der Waals surface area contributed by atoms with Gasteiger partial charge < -0.3 is 4.42 Å². The predicted molar refractivity (Wildman–Crippen MR) is 84.9 cm³/mol. The van der Waals surface area contributed by atoms with E-state index in [0.717, 1.165) is 0 Å². The van der Waals surface area contributed by atoms with Gasteiger partial charge in [0.2, 0.25) is 5.78 Å². The molecule has 22 heavy (non-hydrogen) atoms. The van der Waals surface area contributed by atoms with Crippen LogP contribution < -0.4 is 0 Å². The SMILES string of the molecule is O=C(c1ccco1)C1[C@@H](c2ccccc2)[C@H]1c1ccccc1. The number of carbonyl (C=O) groups is 1. The minimum Gasteiger partial charge on any atom is -0.461 e. The molecule has 108 valence electrons. The number of Topliss-reactive ketones (excluding diaryl/α,β-unsaturated/α-hetero) is 1. The summed E-state index contributed by atoms with van der Waals surface area (Å²) in [4.78, 5) is 12.7. The van der Waals surface area contributed by atoms with Gasteiger partial charge in [0.05, 0.1) is 6.26 Å². The van der Waals surface area contributed by atoms with Gasteiger partial charge in [-0.2, -0.15) is 0 Å². The minimum atomic E-state index is -0.0315. The topological polar surface area (TPSA) is 30.2 Å². The summed E-state index contributed by atoms with van der Waals surface area (Å²) in [5, 5.41) is 0. The second-order valence-corrected chi connectivity index (χ2v) is 5.74. The average molecular weight is 288 g/mol. The summed E-state index contributed by atoms with van der Waals surface area (Å²) in [5.74, 6) is 1.01. The molecule has 2 heteroatoms. The van der Waals surface area contributed by atoms with E-state index in [-0.39, 0.29) is 23.5 Å². The summed E-state index contributed by atoms with van der Waals surface area (Å²) in [6, 6.07) is 24.1. The van der Waals surface area contributed by atoms with E-state index < -0.39 is 0 Å². The lowest BCUT2D eigenvalue weighted by Crippen LogP contribution is -2.02. The molecular formula is C20H16O2. The Hall–Kier alpha value is -2.61. The molecule has 0 aliphatic heterocycles. The highest BCUT2D eigenvalue weighted by molar-refractivity contribution is 5.99. The molecule has 1 heterocycles. The fraction of sp³-hybridized carbons (Fsp3) is 0.150. The van der Waals surface area contributed by atoms with Crippen LogP contribution in [0.25, 0.3) is 0 Å². The molecular weight excluding hydrogens is 272 g/mol. The summed E-state index contributed by atoms with van der Waals surface area (Å²) in [7, 11) is 0. The molecule has 0 N–H and O–H groups in total. The molecule has 1 fully saturated rings. The zero-order valence-corrected chi connectivity index (χ0v) is 12.1. The van der Waals surface area contributed by atoms with Gasteiger partial charge >= 0.3 is 0 Å². The van der Waals surface area contributed by atoms with Crippen molar-refractivity contribution in [2.75, 3.05) is 0 Å². The van der Waals surface area contributed by atoms with Crippen molar-refractivity contribution >= 4 is 5.78 Å². The first-order valence-electron chi connectivity index (χ1n) is 7.54. The lowest BCUT2D eigenvalue weighted by atomic mass is 10.0. The molecule has 0 radical (unpaired) electrons. The maximum Gasteiger partial charge on any atom is 0.202 e. The van der Waals surface area contributed by atoms with E-state index in [1.807, 2.05) is 36.4 Å². The zero-order valence-electron chi connectivity index (χ0n) is 12.1. The van der Waals surface area contributed by atoms with Gasteiger partial charge in [0.25, 0.3) is 0 Å². The molecule has 3 aromatic rings. The van der Waals surface area contributed by atoms with Gasteiger partial charge in [-0.1, -0.05) is 60.7 Å². The van der Waals surface area contributed by atoms with Crippen molar-refractivity contribution in [3.05, 3.63) is 95.9 Å². The molecule has 1 aliphatic rings. The highest BCUT2D eigenvalue weighted by atomic mass is 16.3. The van der Waals surface area contributed by atoms with Crippen LogP contribution in [0, 0.1) is 5.92 Å².